The van der Waals surface area contributed by atoms with Gasteiger partial charge in [0, 0.05) is 6.54 Å². The Morgan fingerprint density at radius 3 is 2.62 bits per heavy atom. The zero-order chi connectivity index (χ0) is 15.4. The number of fused-ring (bicyclic) bond motifs is 1. The number of carbonyl (C=O) groups is 3. The van der Waals surface area contributed by atoms with Gasteiger partial charge in [0.2, 0.25) is 12.0 Å². The Kier molecular flexibility index (Phi) is 4.93. The predicted octanol–water partition coefficient (Wildman–Crippen LogP) is 0.870. The lowest BCUT2D eigenvalue weighted by atomic mass is 10.00. The fourth-order valence-electron chi connectivity index (χ4n) is 2.32. The van der Waals surface area contributed by atoms with Crippen LogP contribution in [-0.2, 0) is 24.0 Å². The van der Waals surface area contributed by atoms with E-state index in [2.05, 4.69) is 5.16 Å². The molecule has 2 unspecified atom stereocenters. The number of rotatable bonds is 7. The number of hydrogen-bond acceptors (Lipinski definition) is 6. The zero-order valence-electron chi connectivity index (χ0n) is 12.3. The third-order valence-electron chi connectivity index (χ3n) is 3.58. The summed E-state index contributed by atoms with van der Waals surface area (Å²) >= 11 is 0. The van der Waals surface area contributed by atoms with E-state index in [0.29, 0.717) is 6.54 Å². The van der Waals surface area contributed by atoms with Crippen molar-refractivity contribution in [2.24, 2.45) is 11.1 Å². The van der Waals surface area contributed by atoms with Gasteiger partial charge in [-0.25, -0.2) is 4.79 Å². The average Bonchev–Trinajstić information content (AvgIpc) is 3.00. The van der Waals surface area contributed by atoms with Crippen LogP contribution in [0.5, 0.6) is 0 Å². The van der Waals surface area contributed by atoms with E-state index in [9.17, 15) is 14.4 Å². The Morgan fingerprint density at radius 2 is 1.95 bits per heavy atom. The fourth-order valence-corrected chi connectivity index (χ4v) is 2.32. The topological polar surface area (TPSA) is 85.3 Å². The molecular formula is C14H20N2O5. The standard InChI is InChI=1S/C14H20N2O5/c1-3-5-7-16-12(17)9-10(14(19)20-8-6-4-2)15-21-11(9)13(16)18/h9,11H,3-8H2,1-2H3. The predicted molar refractivity (Wildman–Crippen MR) is 73.3 cm³/mol. The van der Waals surface area contributed by atoms with E-state index in [0.717, 1.165) is 30.6 Å². The summed E-state index contributed by atoms with van der Waals surface area (Å²) in [4.78, 5) is 42.4. The van der Waals surface area contributed by atoms with Crippen LogP contribution in [0.1, 0.15) is 39.5 Å². The van der Waals surface area contributed by atoms with Crippen molar-refractivity contribution in [2.45, 2.75) is 45.6 Å². The molecule has 1 saturated heterocycles. The largest absolute Gasteiger partial charge is 0.461 e. The third-order valence-corrected chi connectivity index (χ3v) is 3.58. The Labute approximate surface area is 123 Å². The van der Waals surface area contributed by atoms with Crippen LogP contribution in [0.25, 0.3) is 0 Å². The maximum atomic E-state index is 12.3. The molecule has 2 heterocycles. The minimum atomic E-state index is -0.997. The molecule has 1 fully saturated rings. The molecular weight excluding hydrogens is 276 g/mol. The number of unbranched alkanes of at least 4 members (excludes halogenated alkanes) is 2. The molecule has 116 valence electrons. The summed E-state index contributed by atoms with van der Waals surface area (Å²) in [5.74, 6) is -2.45. The number of oxime groups is 1. The molecule has 2 rings (SSSR count). The second-order valence-electron chi connectivity index (χ2n) is 5.15. The second-order valence-corrected chi connectivity index (χ2v) is 5.15. The van der Waals surface area contributed by atoms with E-state index in [-0.39, 0.29) is 12.3 Å². The highest BCUT2D eigenvalue weighted by atomic mass is 16.7. The molecule has 2 atom stereocenters. The number of carbonyl (C=O) groups excluding carboxylic acids is 3. The molecule has 0 aromatic heterocycles. The molecule has 2 aliphatic heterocycles. The van der Waals surface area contributed by atoms with Crippen molar-refractivity contribution >= 4 is 23.5 Å². The van der Waals surface area contributed by atoms with Crippen molar-refractivity contribution < 1.29 is 24.0 Å². The summed E-state index contributed by atoms with van der Waals surface area (Å²) in [6.07, 6.45) is 2.23. The van der Waals surface area contributed by atoms with Gasteiger partial charge >= 0.3 is 5.97 Å². The first-order chi connectivity index (χ1) is 10.1. The summed E-state index contributed by atoms with van der Waals surface area (Å²) < 4.78 is 5.04. The van der Waals surface area contributed by atoms with Crippen LogP contribution in [0.4, 0.5) is 0 Å². The first-order valence-electron chi connectivity index (χ1n) is 7.37. The Bertz CT molecular complexity index is 474. The van der Waals surface area contributed by atoms with Crippen LogP contribution in [0, 0.1) is 5.92 Å². The van der Waals surface area contributed by atoms with Crippen LogP contribution >= 0.6 is 0 Å². The van der Waals surface area contributed by atoms with Gasteiger partial charge in [0.15, 0.2) is 5.71 Å². The minimum absolute atomic E-state index is 0.0894. The fraction of sp³-hybridized carbons (Fsp3) is 0.714. The summed E-state index contributed by atoms with van der Waals surface area (Å²) in [6, 6.07) is 0. The molecule has 0 saturated carbocycles. The van der Waals surface area contributed by atoms with E-state index in [1.807, 2.05) is 13.8 Å². The maximum Gasteiger partial charge on any atom is 0.357 e. The third kappa shape index (κ3) is 2.91. The second kappa shape index (κ2) is 6.69. The summed E-state index contributed by atoms with van der Waals surface area (Å²) in [5.41, 5.74) is -0.0894. The van der Waals surface area contributed by atoms with Crippen molar-refractivity contribution in [2.75, 3.05) is 13.2 Å². The smallest absolute Gasteiger partial charge is 0.357 e. The van der Waals surface area contributed by atoms with Crippen molar-refractivity contribution in [1.29, 1.82) is 0 Å². The van der Waals surface area contributed by atoms with Crippen LogP contribution < -0.4 is 0 Å². The van der Waals surface area contributed by atoms with E-state index in [4.69, 9.17) is 9.57 Å². The van der Waals surface area contributed by atoms with Gasteiger partial charge in [-0.05, 0) is 12.8 Å². The van der Waals surface area contributed by atoms with Crippen LogP contribution in [-0.4, -0.2) is 47.7 Å². The quantitative estimate of drug-likeness (QED) is 0.395. The molecule has 2 amide bonds. The lowest BCUT2D eigenvalue weighted by molar-refractivity contribution is -0.143. The normalized spacial score (nSPS) is 23.9. The number of imide groups is 1. The van der Waals surface area contributed by atoms with Crippen molar-refractivity contribution in [1.82, 2.24) is 4.90 Å². The molecule has 0 N–H and O–H groups in total. The number of ether oxygens (including phenoxy) is 1. The SMILES string of the molecule is CCCCOC(=O)C1=NOC2C(=O)N(CCCC)C(=O)C12. The minimum Gasteiger partial charge on any atom is -0.461 e. The molecule has 0 bridgehead atoms. The zero-order valence-corrected chi connectivity index (χ0v) is 12.3. The van der Waals surface area contributed by atoms with Gasteiger partial charge in [0.05, 0.1) is 6.61 Å². The number of hydrogen-bond donors (Lipinski definition) is 0. The monoisotopic (exact) mass is 296 g/mol. The molecule has 0 radical (unpaired) electrons. The number of nitrogens with zero attached hydrogens (tertiary/aromatic N) is 2. The molecule has 21 heavy (non-hydrogen) atoms. The molecule has 0 aliphatic carbocycles. The van der Waals surface area contributed by atoms with Gasteiger partial charge in [-0.3, -0.25) is 14.5 Å². The summed E-state index contributed by atoms with van der Waals surface area (Å²) in [7, 11) is 0. The first kappa shape index (κ1) is 15.5. The van der Waals surface area contributed by atoms with E-state index in [1.54, 1.807) is 0 Å². The van der Waals surface area contributed by atoms with Gasteiger partial charge in [-0.1, -0.05) is 31.8 Å². The Morgan fingerprint density at radius 1 is 1.24 bits per heavy atom. The number of amides is 2. The van der Waals surface area contributed by atoms with Crippen molar-refractivity contribution in [3.63, 3.8) is 0 Å². The number of likely N-dealkylation sites (tertiary alicyclic amines) is 1. The average molecular weight is 296 g/mol. The Hall–Kier alpha value is -1.92. The van der Waals surface area contributed by atoms with E-state index in [1.165, 1.54) is 0 Å². The molecule has 7 heteroatoms. The van der Waals surface area contributed by atoms with Crippen molar-refractivity contribution in [3.8, 4) is 0 Å². The maximum absolute atomic E-state index is 12.3. The molecule has 2 aliphatic rings. The highest BCUT2D eigenvalue weighted by Crippen LogP contribution is 2.30. The van der Waals surface area contributed by atoms with Crippen LogP contribution in [0.3, 0.4) is 0 Å². The van der Waals surface area contributed by atoms with Gasteiger partial charge in [-0.2, -0.15) is 0 Å². The molecule has 7 nitrogen and oxygen atoms in total. The van der Waals surface area contributed by atoms with Gasteiger partial charge < -0.3 is 9.57 Å². The highest BCUT2D eigenvalue weighted by molar-refractivity contribution is 6.43. The molecule has 0 aromatic rings. The van der Waals surface area contributed by atoms with E-state index >= 15 is 0 Å². The number of esters is 1. The summed E-state index contributed by atoms with van der Waals surface area (Å²) in [5, 5.41) is 3.59. The first-order valence-corrected chi connectivity index (χ1v) is 7.37. The highest BCUT2D eigenvalue weighted by Gasteiger charge is 2.57. The van der Waals surface area contributed by atoms with Crippen molar-refractivity contribution in [3.05, 3.63) is 0 Å². The van der Waals surface area contributed by atoms with Gasteiger partial charge in [-0.15, -0.1) is 0 Å². The van der Waals surface area contributed by atoms with Crippen LogP contribution in [0.15, 0.2) is 5.16 Å². The molecule has 0 aromatic carbocycles. The van der Waals surface area contributed by atoms with E-state index < -0.39 is 29.8 Å². The Balaban J connectivity index is 2.03. The van der Waals surface area contributed by atoms with Gasteiger partial charge in [0.25, 0.3) is 5.91 Å². The van der Waals surface area contributed by atoms with Crippen LogP contribution in [0.2, 0.25) is 0 Å². The van der Waals surface area contributed by atoms with Gasteiger partial charge in [0.1, 0.15) is 5.92 Å². The lowest BCUT2D eigenvalue weighted by Crippen LogP contribution is -2.35. The molecule has 0 spiro atoms. The lowest BCUT2D eigenvalue weighted by Gasteiger charge is -2.14. The summed E-state index contributed by atoms with van der Waals surface area (Å²) in [6.45, 7) is 4.57.